The first-order chi connectivity index (χ1) is 15.6. The van der Waals surface area contributed by atoms with E-state index in [4.69, 9.17) is 9.47 Å². The molecule has 3 aromatic rings. The molecule has 0 unspecified atom stereocenters. The van der Waals surface area contributed by atoms with Gasteiger partial charge in [0.05, 0.1) is 18.0 Å². The van der Waals surface area contributed by atoms with Gasteiger partial charge in [0.15, 0.2) is 0 Å². The second kappa shape index (κ2) is 9.07. The second-order valence-electron chi connectivity index (χ2n) is 8.54. The van der Waals surface area contributed by atoms with Crippen molar-refractivity contribution >= 4 is 28.1 Å². The SMILES string of the molecule is COc1c2ccc(C(=O)N3CCC(N4CCC(Oc5nccs5)CC4)CC3)cc2nn1C. The number of piperidine rings is 2. The highest BCUT2D eigenvalue weighted by Crippen LogP contribution is 2.28. The van der Waals surface area contributed by atoms with Gasteiger partial charge in [-0.1, -0.05) is 11.3 Å². The van der Waals surface area contributed by atoms with Crippen LogP contribution in [0.1, 0.15) is 36.0 Å². The van der Waals surface area contributed by atoms with Gasteiger partial charge in [-0.2, -0.15) is 5.10 Å². The summed E-state index contributed by atoms with van der Waals surface area (Å²) >= 11 is 1.55. The highest BCUT2D eigenvalue weighted by molar-refractivity contribution is 7.11. The predicted octanol–water partition coefficient (Wildman–Crippen LogP) is 3.19. The fraction of sp³-hybridized carbons (Fsp3) is 0.522. The molecule has 2 fully saturated rings. The zero-order valence-electron chi connectivity index (χ0n) is 18.6. The van der Waals surface area contributed by atoms with Gasteiger partial charge in [0.2, 0.25) is 5.88 Å². The van der Waals surface area contributed by atoms with Crippen molar-refractivity contribution < 1.29 is 14.3 Å². The number of carbonyl (C=O) groups excluding carboxylic acids is 1. The number of hydrogen-bond donors (Lipinski definition) is 0. The van der Waals surface area contributed by atoms with Gasteiger partial charge in [-0.25, -0.2) is 9.67 Å². The summed E-state index contributed by atoms with van der Waals surface area (Å²) in [5.41, 5.74) is 1.48. The van der Waals surface area contributed by atoms with Gasteiger partial charge in [-0.15, -0.1) is 0 Å². The van der Waals surface area contributed by atoms with Gasteiger partial charge in [-0.3, -0.25) is 9.69 Å². The van der Waals surface area contributed by atoms with Crippen molar-refractivity contribution in [2.24, 2.45) is 7.05 Å². The first-order valence-electron chi connectivity index (χ1n) is 11.2. The van der Waals surface area contributed by atoms with Gasteiger partial charge in [-0.05, 0) is 43.9 Å². The molecule has 2 aliphatic rings. The molecule has 2 saturated heterocycles. The molecule has 170 valence electrons. The van der Waals surface area contributed by atoms with E-state index >= 15 is 0 Å². The molecule has 2 aromatic heterocycles. The Morgan fingerprint density at radius 1 is 1.12 bits per heavy atom. The molecule has 0 radical (unpaired) electrons. The topological polar surface area (TPSA) is 72.7 Å². The lowest BCUT2D eigenvalue weighted by Crippen LogP contribution is -2.50. The maximum absolute atomic E-state index is 13.1. The van der Waals surface area contributed by atoms with Crippen molar-refractivity contribution in [2.75, 3.05) is 33.3 Å². The normalized spacial score (nSPS) is 18.9. The van der Waals surface area contributed by atoms with E-state index in [0.717, 1.165) is 68.0 Å². The van der Waals surface area contributed by atoms with Crippen LogP contribution in [0.2, 0.25) is 0 Å². The van der Waals surface area contributed by atoms with Crippen LogP contribution < -0.4 is 9.47 Å². The molecule has 1 aromatic carbocycles. The largest absolute Gasteiger partial charge is 0.481 e. The molecule has 9 heteroatoms. The minimum absolute atomic E-state index is 0.0884. The standard InChI is InChI=1S/C23H29N5O3S/c1-26-22(30-2)19-4-3-16(15-20(19)25-26)21(29)28-10-5-17(6-11-28)27-12-7-18(8-13-27)31-23-24-9-14-32-23/h3-4,9,14-15,17-18H,5-8,10-13H2,1-2H3. The molecule has 8 nitrogen and oxygen atoms in total. The second-order valence-corrected chi connectivity index (χ2v) is 9.40. The lowest BCUT2D eigenvalue weighted by molar-refractivity contribution is 0.0425. The van der Waals surface area contributed by atoms with Crippen LogP contribution in [0.3, 0.4) is 0 Å². The number of thiazole rings is 1. The Balaban J connectivity index is 1.14. The number of carbonyl (C=O) groups is 1. The third-order valence-electron chi connectivity index (χ3n) is 6.64. The van der Waals surface area contributed by atoms with Crippen LogP contribution in [0.15, 0.2) is 29.8 Å². The summed E-state index contributed by atoms with van der Waals surface area (Å²) in [6.45, 7) is 3.69. The smallest absolute Gasteiger partial charge is 0.273 e. The van der Waals surface area contributed by atoms with Gasteiger partial charge >= 0.3 is 0 Å². The number of aromatic nitrogens is 3. The lowest BCUT2D eigenvalue weighted by Gasteiger charge is -2.41. The van der Waals surface area contributed by atoms with Crippen LogP contribution in [-0.2, 0) is 7.05 Å². The quantitative estimate of drug-likeness (QED) is 0.588. The maximum Gasteiger partial charge on any atom is 0.273 e. The molecule has 32 heavy (non-hydrogen) atoms. The number of benzene rings is 1. The first-order valence-corrected chi connectivity index (χ1v) is 12.1. The molecule has 0 N–H and O–H groups in total. The zero-order chi connectivity index (χ0) is 22.1. The Bertz CT molecular complexity index is 1070. The average molecular weight is 456 g/mol. The summed E-state index contributed by atoms with van der Waals surface area (Å²) in [5, 5.41) is 8.12. The van der Waals surface area contributed by atoms with E-state index in [-0.39, 0.29) is 12.0 Å². The van der Waals surface area contributed by atoms with E-state index in [2.05, 4.69) is 15.0 Å². The van der Waals surface area contributed by atoms with E-state index in [1.807, 2.05) is 35.5 Å². The molecule has 0 bridgehead atoms. The molecule has 4 heterocycles. The number of nitrogens with zero attached hydrogens (tertiary/aromatic N) is 5. The summed E-state index contributed by atoms with van der Waals surface area (Å²) in [6, 6.07) is 6.23. The zero-order valence-corrected chi connectivity index (χ0v) is 19.4. The summed E-state index contributed by atoms with van der Waals surface area (Å²) in [4.78, 5) is 21.9. The van der Waals surface area contributed by atoms with Gasteiger partial charge < -0.3 is 14.4 Å². The summed E-state index contributed by atoms with van der Waals surface area (Å²) in [7, 11) is 3.48. The molecule has 0 saturated carbocycles. The fourth-order valence-electron chi connectivity index (χ4n) is 4.94. The molecular weight excluding hydrogens is 426 g/mol. The molecular formula is C23H29N5O3S. The number of rotatable bonds is 5. The van der Waals surface area contributed by atoms with E-state index in [0.29, 0.717) is 17.5 Å². The number of fused-ring (bicyclic) bond motifs is 1. The van der Waals surface area contributed by atoms with Crippen molar-refractivity contribution in [3.63, 3.8) is 0 Å². The molecule has 0 spiro atoms. The van der Waals surface area contributed by atoms with Gasteiger partial charge in [0.25, 0.3) is 11.1 Å². The Hall–Kier alpha value is -2.65. The van der Waals surface area contributed by atoms with Crippen LogP contribution in [0.25, 0.3) is 10.9 Å². The van der Waals surface area contributed by atoms with Crippen LogP contribution in [0.5, 0.6) is 11.1 Å². The van der Waals surface area contributed by atoms with Crippen LogP contribution in [-0.4, -0.2) is 75.9 Å². The predicted molar refractivity (Wildman–Crippen MR) is 124 cm³/mol. The lowest BCUT2D eigenvalue weighted by atomic mass is 9.98. The van der Waals surface area contributed by atoms with Crippen molar-refractivity contribution in [1.29, 1.82) is 0 Å². The van der Waals surface area contributed by atoms with E-state index in [1.54, 1.807) is 29.3 Å². The van der Waals surface area contributed by atoms with E-state index in [9.17, 15) is 4.79 Å². The molecule has 2 aliphatic heterocycles. The Labute approximate surface area is 191 Å². The maximum atomic E-state index is 13.1. The molecule has 0 atom stereocenters. The average Bonchev–Trinajstić information content (AvgIpc) is 3.45. The fourth-order valence-corrected chi connectivity index (χ4v) is 5.49. The number of methoxy groups -OCH3 is 1. The number of amides is 1. The summed E-state index contributed by atoms with van der Waals surface area (Å²) in [5.74, 6) is 0.797. The number of ether oxygens (including phenoxy) is 2. The first kappa shape index (κ1) is 21.2. The molecule has 1 amide bonds. The van der Waals surface area contributed by atoms with Crippen LogP contribution in [0, 0.1) is 0 Å². The number of hydrogen-bond acceptors (Lipinski definition) is 7. The van der Waals surface area contributed by atoms with Crippen molar-refractivity contribution in [2.45, 2.75) is 37.8 Å². The number of likely N-dealkylation sites (tertiary alicyclic amines) is 2. The molecule has 5 rings (SSSR count). The Morgan fingerprint density at radius 2 is 1.91 bits per heavy atom. The van der Waals surface area contributed by atoms with Gasteiger partial charge in [0, 0.05) is 56.4 Å². The summed E-state index contributed by atoms with van der Waals surface area (Å²) in [6.07, 6.45) is 6.15. The minimum atomic E-state index is 0.0884. The number of aryl methyl sites for hydroxylation is 1. The highest BCUT2D eigenvalue weighted by atomic mass is 32.1. The highest BCUT2D eigenvalue weighted by Gasteiger charge is 2.31. The van der Waals surface area contributed by atoms with Crippen molar-refractivity contribution in [1.82, 2.24) is 24.6 Å². The van der Waals surface area contributed by atoms with Crippen LogP contribution in [0.4, 0.5) is 0 Å². The third-order valence-corrected chi connectivity index (χ3v) is 7.30. The minimum Gasteiger partial charge on any atom is -0.481 e. The van der Waals surface area contributed by atoms with E-state index in [1.165, 1.54) is 0 Å². The van der Waals surface area contributed by atoms with Gasteiger partial charge in [0.1, 0.15) is 6.10 Å². The Kier molecular flexibility index (Phi) is 6.01. The monoisotopic (exact) mass is 455 g/mol. The van der Waals surface area contributed by atoms with Crippen molar-refractivity contribution in [3.05, 3.63) is 35.3 Å². The summed E-state index contributed by atoms with van der Waals surface area (Å²) < 4.78 is 13.1. The van der Waals surface area contributed by atoms with Crippen LogP contribution >= 0.6 is 11.3 Å². The van der Waals surface area contributed by atoms with E-state index < -0.39 is 0 Å². The molecule has 0 aliphatic carbocycles. The Morgan fingerprint density at radius 3 is 2.59 bits per heavy atom. The van der Waals surface area contributed by atoms with Crippen molar-refractivity contribution in [3.8, 4) is 11.1 Å². The third kappa shape index (κ3) is 4.19.